The van der Waals surface area contributed by atoms with Crippen molar-refractivity contribution in [3.8, 4) is 0 Å². The highest BCUT2D eigenvalue weighted by Gasteiger charge is 2.55. The maximum atomic E-state index is 13.6. The van der Waals surface area contributed by atoms with Crippen molar-refractivity contribution in [1.82, 2.24) is 5.32 Å². The first-order chi connectivity index (χ1) is 22.5. The number of rotatable bonds is 15. The minimum Gasteiger partial charge on any atom is -0.441 e. The molecule has 252 valence electrons. The molecule has 1 N–H and O–H groups in total. The third-order valence-corrected chi connectivity index (χ3v) is 9.61. The van der Waals surface area contributed by atoms with Crippen molar-refractivity contribution in [1.29, 1.82) is 0 Å². The summed E-state index contributed by atoms with van der Waals surface area (Å²) in [5.41, 5.74) is 6.13. The Morgan fingerprint density at radius 2 is 1.34 bits per heavy atom. The van der Waals surface area contributed by atoms with Crippen LogP contribution in [-0.2, 0) is 25.2 Å². The molecule has 1 spiro atoms. The Kier molecular flexibility index (Phi) is 10.8. The summed E-state index contributed by atoms with van der Waals surface area (Å²) in [6.07, 6.45) is 4.32. The van der Waals surface area contributed by atoms with Crippen LogP contribution in [0.15, 0.2) is 54.6 Å². The molecule has 0 aromatic heterocycles. The van der Waals surface area contributed by atoms with E-state index >= 15 is 0 Å². The third kappa shape index (κ3) is 6.87. The van der Waals surface area contributed by atoms with Crippen LogP contribution in [0.1, 0.15) is 88.1 Å². The molecule has 0 saturated carbocycles. The fourth-order valence-electron chi connectivity index (χ4n) is 6.68. The lowest BCUT2D eigenvalue weighted by Crippen LogP contribution is -2.41. The summed E-state index contributed by atoms with van der Waals surface area (Å²) < 4.78 is 17.8. The SMILES string of the molecule is CN(C)c1ccc2c(c1)C(C)(C)c1cc(N(C)C)ccc1C21OC(=O)c2ccc(C(=O)NCCOCCOCCCCCCCl)cc21. The molecule has 1 heterocycles. The van der Waals surface area contributed by atoms with Crippen molar-refractivity contribution < 1.29 is 23.8 Å². The molecule has 3 aromatic rings. The second kappa shape index (κ2) is 14.7. The fourth-order valence-corrected chi connectivity index (χ4v) is 6.86. The lowest BCUT2D eigenvalue weighted by molar-refractivity contribution is 0.0231. The fraction of sp³-hybridized carbons (Fsp3) is 0.474. The largest absolute Gasteiger partial charge is 0.441 e. The van der Waals surface area contributed by atoms with E-state index < -0.39 is 11.6 Å². The lowest BCUT2D eigenvalue weighted by Gasteiger charge is -2.45. The van der Waals surface area contributed by atoms with E-state index in [1.54, 1.807) is 12.1 Å². The second-order valence-electron chi connectivity index (χ2n) is 13.3. The van der Waals surface area contributed by atoms with Gasteiger partial charge in [-0.2, -0.15) is 0 Å². The molecule has 47 heavy (non-hydrogen) atoms. The van der Waals surface area contributed by atoms with E-state index in [4.69, 9.17) is 25.8 Å². The quantitative estimate of drug-likeness (QED) is 0.113. The first kappa shape index (κ1) is 34.7. The molecular formula is C38H48ClN3O5. The van der Waals surface area contributed by atoms with Gasteiger partial charge in [-0.25, -0.2) is 4.79 Å². The van der Waals surface area contributed by atoms with Crippen molar-refractivity contribution >= 4 is 34.9 Å². The number of anilines is 2. The van der Waals surface area contributed by atoms with Crippen molar-refractivity contribution in [3.63, 3.8) is 0 Å². The molecular weight excluding hydrogens is 614 g/mol. The molecule has 0 unspecified atom stereocenters. The molecule has 8 nitrogen and oxygen atoms in total. The van der Waals surface area contributed by atoms with Gasteiger partial charge >= 0.3 is 5.97 Å². The summed E-state index contributed by atoms with van der Waals surface area (Å²) in [4.78, 5) is 31.1. The number of amides is 1. The number of carbonyl (C=O) groups excluding carboxylic acids is 2. The maximum absolute atomic E-state index is 13.6. The number of benzene rings is 3. The topological polar surface area (TPSA) is 80.3 Å². The predicted molar refractivity (Wildman–Crippen MR) is 189 cm³/mol. The van der Waals surface area contributed by atoms with Gasteiger partial charge in [-0.15, -0.1) is 11.6 Å². The van der Waals surface area contributed by atoms with Crippen LogP contribution < -0.4 is 15.1 Å². The van der Waals surface area contributed by atoms with E-state index in [-0.39, 0.29) is 11.3 Å². The zero-order valence-corrected chi connectivity index (χ0v) is 29.3. The minimum atomic E-state index is -1.19. The smallest absolute Gasteiger partial charge is 0.340 e. The molecule has 0 fully saturated rings. The average molecular weight is 662 g/mol. The molecule has 2 aliphatic rings. The highest BCUT2D eigenvalue weighted by molar-refractivity contribution is 6.17. The number of carbonyl (C=O) groups is 2. The van der Waals surface area contributed by atoms with Gasteiger partial charge in [0.15, 0.2) is 5.60 Å². The Hall–Kier alpha value is -3.59. The Bertz CT molecular complexity index is 1540. The van der Waals surface area contributed by atoms with Crippen LogP contribution in [0.25, 0.3) is 0 Å². The van der Waals surface area contributed by atoms with Crippen LogP contribution in [0.4, 0.5) is 11.4 Å². The Morgan fingerprint density at radius 1 is 0.745 bits per heavy atom. The van der Waals surface area contributed by atoms with Gasteiger partial charge in [0.1, 0.15) is 0 Å². The summed E-state index contributed by atoms with van der Waals surface area (Å²) in [5, 5.41) is 2.96. The van der Waals surface area contributed by atoms with Gasteiger partial charge in [-0.3, -0.25) is 4.79 Å². The van der Waals surface area contributed by atoms with Gasteiger partial charge < -0.3 is 29.3 Å². The maximum Gasteiger partial charge on any atom is 0.340 e. The molecule has 0 bridgehead atoms. The summed E-state index contributed by atoms with van der Waals surface area (Å²) in [6.45, 7) is 6.88. The van der Waals surface area contributed by atoms with Crippen molar-refractivity contribution in [2.75, 3.05) is 76.8 Å². The van der Waals surface area contributed by atoms with Gasteiger partial charge in [0.25, 0.3) is 5.91 Å². The number of unbranched alkanes of at least 4 members (excludes halogenated alkanes) is 3. The summed E-state index contributed by atoms with van der Waals surface area (Å²) in [7, 11) is 8.08. The first-order valence-corrected chi connectivity index (χ1v) is 17.1. The van der Waals surface area contributed by atoms with Gasteiger partial charge in [0.05, 0.1) is 25.4 Å². The van der Waals surface area contributed by atoms with E-state index in [1.165, 1.54) is 0 Å². The van der Waals surface area contributed by atoms with Crippen LogP contribution in [0.5, 0.6) is 0 Å². The molecule has 5 rings (SSSR count). The molecule has 1 aliphatic heterocycles. The predicted octanol–water partition coefficient (Wildman–Crippen LogP) is 6.48. The number of esters is 1. The number of nitrogens with one attached hydrogen (secondary N) is 1. The highest BCUT2D eigenvalue weighted by atomic mass is 35.5. The molecule has 0 atom stereocenters. The monoisotopic (exact) mass is 661 g/mol. The van der Waals surface area contributed by atoms with E-state index in [0.717, 1.165) is 59.3 Å². The number of nitrogens with zero attached hydrogens (tertiary/aromatic N) is 2. The van der Waals surface area contributed by atoms with Gasteiger partial charge in [0, 0.05) is 86.3 Å². The zero-order valence-electron chi connectivity index (χ0n) is 28.6. The van der Waals surface area contributed by atoms with E-state index in [9.17, 15) is 9.59 Å². The number of fused-ring (bicyclic) bond motifs is 6. The molecule has 1 amide bonds. The lowest BCUT2D eigenvalue weighted by atomic mass is 9.61. The van der Waals surface area contributed by atoms with Crippen LogP contribution >= 0.6 is 11.6 Å². The number of ether oxygens (including phenoxy) is 3. The normalized spacial score (nSPS) is 15.1. The van der Waals surface area contributed by atoms with E-state index in [2.05, 4.69) is 65.4 Å². The Balaban J connectivity index is 1.38. The third-order valence-electron chi connectivity index (χ3n) is 9.35. The number of halogens is 1. The number of hydrogen-bond donors (Lipinski definition) is 1. The van der Waals surface area contributed by atoms with Crippen LogP contribution in [0.3, 0.4) is 0 Å². The Morgan fingerprint density at radius 3 is 1.94 bits per heavy atom. The molecule has 3 aromatic carbocycles. The van der Waals surface area contributed by atoms with E-state index in [1.807, 2.05) is 34.3 Å². The van der Waals surface area contributed by atoms with Crippen LogP contribution in [0, 0.1) is 0 Å². The zero-order chi connectivity index (χ0) is 33.8. The number of hydrogen-bond acceptors (Lipinski definition) is 7. The Labute approximate surface area is 284 Å². The van der Waals surface area contributed by atoms with Gasteiger partial charge in [-0.1, -0.05) is 38.8 Å². The summed E-state index contributed by atoms with van der Waals surface area (Å²) >= 11 is 5.71. The molecule has 0 saturated heterocycles. The molecule has 0 radical (unpaired) electrons. The van der Waals surface area contributed by atoms with Crippen molar-refractivity contribution in [3.05, 3.63) is 93.5 Å². The van der Waals surface area contributed by atoms with Gasteiger partial charge in [-0.05, 0) is 66.4 Å². The average Bonchev–Trinajstić information content (AvgIpc) is 3.35. The standard InChI is InChI=1S/C38H48ClN3O5/c1-37(2)33-24-27(41(3)4)12-15-30(33)38(31-16-13-28(42(5)6)25-34(31)37)32-23-26(11-14-29(32)36(44)47-38)35(43)40-18-20-46-22-21-45-19-10-8-7-9-17-39/h11-16,23-25H,7-10,17-22H2,1-6H3,(H,40,43). The molecule has 9 heteroatoms. The van der Waals surface area contributed by atoms with Gasteiger partial charge in [0.2, 0.25) is 0 Å². The second-order valence-corrected chi connectivity index (χ2v) is 13.7. The van der Waals surface area contributed by atoms with Crippen molar-refractivity contribution in [2.45, 2.75) is 50.5 Å². The van der Waals surface area contributed by atoms with Crippen LogP contribution in [-0.4, -0.2) is 78.9 Å². The molecule has 1 aliphatic carbocycles. The van der Waals surface area contributed by atoms with Crippen LogP contribution in [0.2, 0.25) is 0 Å². The first-order valence-electron chi connectivity index (χ1n) is 16.5. The van der Waals surface area contributed by atoms with E-state index in [0.29, 0.717) is 55.5 Å². The number of alkyl halides is 1. The summed E-state index contributed by atoms with van der Waals surface area (Å²) in [6, 6.07) is 17.9. The van der Waals surface area contributed by atoms with Crippen molar-refractivity contribution in [2.24, 2.45) is 0 Å². The highest BCUT2D eigenvalue weighted by Crippen LogP contribution is 2.57. The minimum absolute atomic E-state index is 0.235. The summed E-state index contributed by atoms with van der Waals surface area (Å²) in [5.74, 6) is 0.0776.